The van der Waals surface area contributed by atoms with Gasteiger partial charge in [0.25, 0.3) is 5.91 Å². The number of hydrogen-bond donors (Lipinski definition) is 1. The van der Waals surface area contributed by atoms with Crippen LogP contribution in [0.1, 0.15) is 54.5 Å². The summed E-state index contributed by atoms with van der Waals surface area (Å²) in [5, 5.41) is 6.45. The van der Waals surface area contributed by atoms with Gasteiger partial charge in [0.15, 0.2) is 0 Å². The van der Waals surface area contributed by atoms with Crippen LogP contribution in [0.25, 0.3) is 10.6 Å². The molecule has 1 saturated carbocycles. The Labute approximate surface area is 214 Å². The molecule has 172 valence electrons. The second kappa shape index (κ2) is 11.8. The summed E-state index contributed by atoms with van der Waals surface area (Å²) in [6.45, 7) is 9.09. The molecule has 0 spiro atoms. The molecule has 1 aliphatic rings. The molecule has 1 aliphatic carbocycles. The van der Waals surface area contributed by atoms with E-state index >= 15 is 0 Å². The summed E-state index contributed by atoms with van der Waals surface area (Å²) in [6, 6.07) is 3.96. The minimum Gasteiger partial charge on any atom is -0.398 e. The summed E-state index contributed by atoms with van der Waals surface area (Å²) >= 11 is 1.12. The Morgan fingerprint density at radius 2 is 2.03 bits per heavy atom. The molecule has 2 heterocycles. The third kappa shape index (κ3) is 6.64. The number of nitrogens with one attached hydrogen (secondary N) is 1. The van der Waals surface area contributed by atoms with Crippen LogP contribution in [0.3, 0.4) is 0 Å². The molecule has 1 unspecified atom stereocenters. The van der Waals surface area contributed by atoms with Crippen LogP contribution < -0.4 is 5.32 Å². The first-order chi connectivity index (χ1) is 14.7. The van der Waals surface area contributed by atoms with Crippen LogP contribution in [0.2, 0.25) is 0 Å². The number of carbonyl (C=O) groups is 2. The molecule has 10 heteroatoms. The Balaban J connectivity index is 0.00000363. The number of halogens is 2. The molecular formula is C22H27F2N3O3SU. The van der Waals surface area contributed by atoms with E-state index in [0.29, 0.717) is 16.3 Å². The summed E-state index contributed by atoms with van der Waals surface area (Å²) in [7, 11) is 0. The number of nitrogens with zero attached hydrogens (tertiary/aromatic N) is 2. The Morgan fingerprint density at radius 1 is 1.34 bits per heavy atom. The number of hydrogen-bond acceptors (Lipinski definition) is 5. The maximum atomic E-state index is 13.3. The minimum absolute atomic E-state index is 0. The van der Waals surface area contributed by atoms with E-state index in [1.807, 2.05) is 0 Å². The van der Waals surface area contributed by atoms with E-state index in [0.717, 1.165) is 50.4 Å². The van der Waals surface area contributed by atoms with E-state index in [4.69, 9.17) is 4.52 Å². The van der Waals surface area contributed by atoms with Crippen molar-refractivity contribution in [2.75, 3.05) is 13.1 Å². The van der Waals surface area contributed by atoms with Gasteiger partial charge in [-0.2, -0.15) is 8.78 Å². The zero-order valence-corrected chi connectivity index (χ0v) is 23.0. The summed E-state index contributed by atoms with van der Waals surface area (Å²) in [6.07, 6.45) is 5.06. The van der Waals surface area contributed by atoms with Crippen molar-refractivity contribution >= 4 is 23.2 Å². The van der Waals surface area contributed by atoms with Gasteiger partial charge in [-0.3, -0.25) is 9.59 Å². The van der Waals surface area contributed by atoms with Crippen LogP contribution in [0.15, 0.2) is 22.7 Å². The summed E-state index contributed by atoms with van der Waals surface area (Å²) in [5.41, 5.74) is 0.247. The first kappa shape index (κ1) is 27.0. The number of aromatic nitrogens is 1. The summed E-state index contributed by atoms with van der Waals surface area (Å²) in [4.78, 5) is 27.9. The summed E-state index contributed by atoms with van der Waals surface area (Å²) in [5.74, 6) is -3.92. The van der Waals surface area contributed by atoms with Crippen LogP contribution in [0, 0.1) is 50.9 Å². The van der Waals surface area contributed by atoms with Gasteiger partial charge in [0.05, 0.1) is 9.75 Å². The SMILES string of the molecule is [CH2-]CN(C(=O)C1CCCCC1)C([CH2-])CNC(=O)c1ccc(-c2cc(C(C)(F)F)on2)s1.[U+2]. The molecular weight excluding hydrogens is 662 g/mol. The van der Waals surface area contributed by atoms with Crippen molar-refractivity contribution in [2.24, 2.45) is 5.92 Å². The first-order valence-corrected chi connectivity index (χ1v) is 11.2. The van der Waals surface area contributed by atoms with Gasteiger partial charge >= 0.3 is 37.0 Å². The molecule has 0 aliphatic heterocycles. The molecule has 2 aromatic heterocycles. The van der Waals surface area contributed by atoms with Crippen molar-refractivity contribution in [3.8, 4) is 10.6 Å². The molecule has 0 radical (unpaired) electrons. The molecule has 1 N–H and O–H groups in total. The Kier molecular flexibility index (Phi) is 9.92. The van der Waals surface area contributed by atoms with E-state index in [2.05, 4.69) is 24.3 Å². The number of carbonyl (C=O) groups excluding carboxylic acids is 2. The monoisotopic (exact) mass is 689 g/mol. The number of alkyl halides is 2. The first-order valence-electron chi connectivity index (χ1n) is 10.4. The molecule has 6 nitrogen and oxygen atoms in total. The molecule has 2 aromatic rings. The third-order valence-corrected chi connectivity index (χ3v) is 6.55. The third-order valence-electron chi connectivity index (χ3n) is 5.44. The second-order valence-electron chi connectivity index (χ2n) is 7.86. The van der Waals surface area contributed by atoms with E-state index < -0.39 is 17.7 Å². The fourth-order valence-electron chi connectivity index (χ4n) is 3.66. The van der Waals surface area contributed by atoms with E-state index in [1.54, 1.807) is 17.0 Å². The summed E-state index contributed by atoms with van der Waals surface area (Å²) < 4.78 is 31.4. The Hall–Kier alpha value is -1.24. The molecule has 0 bridgehead atoms. The van der Waals surface area contributed by atoms with Gasteiger partial charge < -0.3 is 28.6 Å². The van der Waals surface area contributed by atoms with Crippen LogP contribution in [0.4, 0.5) is 8.78 Å². The van der Waals surface area contributed by atoms with Crippen molar-refractivity contribution in [1.29, 1.82) is 0 Å². The van der Waals surface area contributed by atoms with Crippen molar-refractivity contribution in [2.45, 2.75) is 51.0 Å². The normalized spacial score (nSPS) is 15.7. The zero-order chi connectivity index (χ0) is 22.6. The molecule has 3 rings (SSSR count). The van der Waals surface area contributed by atoms with Crippen LogP contribution in [-0.2, 0) is 10.7 Å². The number of amides is 2. The van der Waals surface area contributed by atoms with Crippen LogP contribution in [0.5, 0.6) is 0 Å². The largest absolute Gasteiger partial charge is 2.00 e. The molecule has 0 saturated heterocycles. The fraction of sp³-hybridized carbons (Fsp3) is 0.500. The maximum absolute atomic E-state index is 13.3. The topological polar surface area (TPSA) is 75.4 Å². The fourth-order valence-corrected chi connectivity index (χ4v) is 4.54. The average Bonchev–Trinajstić information content (AvgIpc) is 3.42. The van der Waals surface area contributed by atoms with Gasteiger partial charge in [0, 0.05) is 25.5 Å². The smallest absolute Gasteiger partial charge is 0.398 e. The van der Waals surface area contributed by atoms with Crippen molar-refractivity contribution in [1.82, 2.24) is 15.4 Å². The van der Waals surface area contributed by atoms with Crippen molar-refractivity contribution in [3.05, 3.63) is 42.7 Å². The standard InChI is InChI=1S/C22H27F2N3O3S.U/c1-4-27(21(29)15-8-6-5-7-9-15)14(2)13-25-20(28)18-11-10-17(31-18)16-12-19(30-26-16)22(3,23)24;/h10-12,14-15H,1-2,4-9,13H2,3H3,(H,25,28);/q-2;+2. The van der Waals surface area contributed by atoms with Crippen LogP contribution in [-0.4, -0.2) is 41.0 Å². The Bertz CT molecular complexity index is 906. The predicted molar refractivity (Wildman–Crippen MR) is 115 cm³/mol. The van der Waals surface area contributed by atoms with Gasteiger partial charge in [0.1, 0.15) is 5.69 Å². The predicted octanol–water partition coefficient (Wildman–Crippen LogP) is 4.69. The molecule has 2 amide bonds. The quantitative estimate of drug-likeness (QED) is 0.409. The zero-order valence-electron chi connectivity index (χ0n) is 18.0. The average molecular weight is 690 g/mol. The van der Waals surface area contributed by atoms with Gasteiger partial charge in [0.2, 0.25) is 11.7 Å². The minimum atomic E-state index is -3.12. The second-order valence-corrected chi connectivity index (χ2v) is 8.94. The van der Waals surface area contributed by atoms with Crippen molar-refractivity contribution in [3.63, 3.8) is 0 Å². The molecule has 1 fully saturated rings. The van der Waals surface area contributed by atoms with Gasteiger partial charge in [-0.1, -0.05) is 30.5 Å². The maximum Gasteiger partial charge on any atom is 2.00 e. The molecule has 1 atom stereocenters. The van der Waals surface area contributed by atoms with Gasteiger partial charge in [-0.15, -0.1) is 17.9 Å². The molecule has 0 aromatic carbocycles. The van der Waals surface area contributed by atoms with Gasteiger partial charge in [-0.05, 0) is 25.0 Å². The van der Waals surface area contributed by atoms with Crippen LogP contribution >= 0.6 is 11.3 Å². The van der Waals surface area contributed by atoms with E-state index in [-0.39, 0.29) is 61.1 Å². The molecule has 32 heavy (non-hydrogen) atoms. The van der Waals surface area contributed by atoms with Crippen molar-refractivity contribution < 1.29 is 54.0 Å². The number of rotatable bonds is 8. The van der Waals surface area contributed by atoms with E-state index in [9.17, 15) is 18.4 Å². The Morgan fingerprint density at radius 3 is 2.62 bits per heavy atom. The van der Waals surface area contributed by atoms with Gasteiger partial charge in [-0.25, -0.2) is 0 Å². The number of thiophene rings is 1. The van der Waals surface area contributed by atoms with E-state index in [1.165, 1.54) is 6.07 Å².